The van der Waals surface area contributed by atoms with Gasteiger partial charge in [-0.25, -0.2) is 0 Å². The van der Waals surface area contributed by atoms with E-state index in [2.05, 4.69) is 34.6 Å². The van der Waals surface area contributed by atoms with E-state index in [1.165, 1.54) is 122 Å². The fourth-order valence-corrected chi connectivity index (χ4v) is 6.40. The lowest BCUT2D eigenvalue weighted by Gasteiger charge is -2.18. The first-order valence-electron chi connectivity index (χ1n) is 21.7. The van der Waals surface area contributed by atoms with Crippen LogP contribution < -0.4 is 0 Å². The quantitative estimate of drug-likeness (QED) is 0.0361. The van der Waals surface area contributed by atoms with Crippen LogP contribution in [0.2, 0.25) is 0 Å². The van der Waals surface area contributed by atoms with Crippen LogP contribution in [-0.4, -0.2) is 37.2 Å². The highest BCUT2D eigenvalue weighted by atomic mass is 16.6. The summed E-state index contributed by atoms with van der Waals surface area (Å²) < 4.78 is 16.7. The molecule has 6 nitrogen and oxygen atoms in total. The fourth-order valence-electron chi connectivity index (χ4n) is 6.40. The van der Waals surface area contributed by atoms with Gasteiger partial charge in [0.25, 0.3) is 0 Å². The first kappa shape index (κ1) is 48.4. The number of unbranched alkanes of at least 4 members (excludes halogenated alkanes) is 23. The zero-order chi connectivity index (χ0) is 36.9. The van der Waals surface area contributed by atoms with E-state index in [1.54, 1.807) is 0 Å². The fraction of sp³-hybridized carbons (Fsp3) is 0.932. The summed E-state index contributed by atoms with van der Waals surface area (Å²) in [6.45, 7) is 11.2. The molecule has 0 bridgehead atoms. The predicted molar refractivity (Wildman–Crippen MR) is 210 cm³/mol. The van der Waals surface area contributed by atoms with Crippen molar-refractivity contribution in [2.45, 2.75) is 240 Å². The molecule has 0 spiro atoms. The molecule has 0 heterocycles. The van der Waals surface area contributed by atoms with Gasteiger partial charge in [-0.3, -0.25) is 14.4 Å². The summed E-state index contributed by atoms with van der Waals surface area (Å²) >= 11 is 0. The number of carbonyl (C=O) groups excluding carboxylic acids is 3. The van der Waals surface area contributed by atoms with Gasteiger partial charge in [-0.05, 0) is 31.1 Å². The van der Waals surface area contributed by atoms with E-state index in [1.807, 2.05) is 0 Å². The molecule has 0 rings (SSSR count). The van der Waals surface area contributed by atoms with Gasteiger partial charge in [-0.15, -0.1) is 0 Å². The van der Waals surface area contributed by atoms with E-state index in [0.717, 1.165) is 69.6 Å². The van der Waals surface area contributed by atoms with Crippen LogP contribution in [0.25, 0.3) is 0 Å². The van der Waals surface area contributed by atoms with Crippen LogP contribution in [0.5, 0.6) is 0 Å². The van der Waals surface area contributed by atoms with Gasteiger partial charge in [0.05, 0.1) is 0 Å². The molecule has 0 unspecified atom stereocenters. The maximum Gasteiger partial charge on any atom is 0.306 e. The minimum absolute atomic E-state index is 0.0659. The summed E-state index contributed by atoms with van der Waals surface area (Å²) in [6, 6.07) is 0. The molecule has 0 saturated heterocycles. The minimum atomic E-state index is -0.760. The number of hydrogen-bond acceptors (Lipinski definition) is 6. The maximum atomic E-state index is 12.7. The van der Waals surface area contributed by atoms with Crippen LogP contribution in [0.3, 0.4) is 0 Å². The molecule has 0 fully saturated rings. The molecule has 0 amide bonds. The first-order valence-corrected chi connectivity index (χ1v) is 21.7. The first-order chi connectivity index (χ1) is 24.2. The number of hydrogen-bond donors (Lipinski definition) is 0. The van der Waals surface area contributed by atoms with Crippen LogP contribution >= 0.6 is 0 Å². The molecule has 0 aromatic rings. The Balaban J connectivity index is 4.35. The van der Waals surface area contributed by atoms with Crippen molar-refractivity contribution in [3.63, 3.8) is 0 Å². The van der Waals surface area contributed by atoms with E-state index in [-0.39, 0.29) is 31.1 Å². The molecule has 296 valence electrons. The van der Waals surface area contributed by atoms with E-state index >= 15 is 0 Å². The second-order valence-corrected chi connectivity index (χ2v) is 15.9. The largest absolute Gasteiger partial charge is 0.462 e. The van der Waals surface area contributed by atoms with Gasteiger partial charge >= 0.3 is 17.9 Å². The Kier molecular flexibility index (Phi) is 36.0. The van der Waals surface area contributed by atoms with Gasteiger partial charge in [0.1, 0.15) is 13.2 Å². The SMILES string of the molecule is CCCCCCCCCCCCC(=O)OC[C@@H](COC(=O)CCCCCCCCCCC(C)C)OC(=O)CCCCCCCCCCC(C)C. The van der Waals surface area contributed by atoms with E-state index < -0.39 is 6.10 Å². The number of carbonyl (C=O) groups is 3. The zero-order valence-electron chi connectivity index (χ0n) is 34.0. The lowest BCUT2D eigenvalue weighted by atomic mass is 10.0. The van der Waals surface area contributed by atoms with Crippen molar-refractivity contribution in [2.24, 2.45) is 11.8 Å². The molecule has 0 aliphatic heterocycles. The topological polar surface area (TPSA) is 78.9 Å². The minimum Gasteiger partial charge on any atom is -0.462 e. The molecular weight excluding hydrogens is 624 g/mol. The maximum absolute atomic E-state index is 12.7. The molecule has 0 aliphatic carbocycles. The average Bonchev–Trinajstić information content (AvgIpc) is 3.08. The van der Waals surface area contributed by atoms with Crippen LogP contribution in [0.1, 0.15) is 234 Å². The van der Waals surface area contributed by atoms with Gasteiger partial charge in [0.15, 0.2) is 6.10 Å². The molecule has 0 aromatic carbocycles. The Morgan fingerprint density at radius 1 is 0.380 bits per heavy atom. The molecule has 0 saturated carbocycles. The van der Waals surface area contributed by atoms with Crippen molar-refractivity contribution in [3.05, 3.63) is 0 Å². The van der Waals surface area contributed by atoms with Crippen LogP contribution in [0.4, 0.5) is 0 Å². The summed E-state index contributed by atoms with van der Waals surface area (Å²) in [5.74, 6) is 0.725. The second-order valence-electron chi connectivity index (χ2n) is 15.9. The summed E-state index contributed by atoms with van der Waals surface area (Å²) in [5, 5.41) is 0. The standard InChI is InChI=1S/C44H84O6/c1-6-7-8-9-10-11-12-19-24-29-34-42(45)48-37-41(50-44(47)36-31-26-21-16-14-18-23-28-33-40(4)5)38-49-43(46)35-30-25-20-15-13-17-22-27-32-39(2)3/h39-41H,6-38H2,1-5H3/t41-/m0/s1. The van der Waals surface area contributed by atoms with Gasteiger partial charge in [-0.1, -0.05) is 195 Å². The smallest absolute Gasteiger partial charge is 0.306 e. The molecular formula is C44H84O6. The third-order valence-corrected chi connectivity index (χ3v) is 9.72. The Bertz CT molecular complexity index is 764. The molecule has 1 atom stereocenters. The molecule has 0 aliphatic rings. The van der Waals surface area contributed by atoms with Gasteiger partial charge in [0, 0.05) is 19.3 Å². The van der Waals surface area contributed by atoms with Gasteiger partial charge in [0.2, 0.25) is 0 Å². The Morgan fingerprint density at radius 3 is 0.980 bits per heavy atom. The van der Waals surface area contributed by atoms with Crippen molar-refractivity contribution < 1.29 is 28.6 Å². The van der Waals surface area contributed by atoms with Crippen LogP contribution in [0, 0.1) is 11.8 Å². The third kappa shape index (κ3) is 37.7. The lowest BCUT2D eigenvalue weighted by Crippen LogP contribution is -2.30. The van der Waals surface area contributed by atoms with Crippen molar-refractivity contribution in [1.29, 1.82) is 0 Å². The van der Waals surface area contributed by atoms with Crippen molar-refractivity contribution in [3.8, 4) is 0 Å². The highest BCUT2D eigenvalue weighted by molar-refractivity contribution is 5.71. The van der Waals surface area contributed by atoms with Gasteiger partial charge < -0.3 is 14.2 Å². The summed E-state index contributed by atoms with van der Waals surface area (Å²) in [6.07, 6.45) is 33.8. The molecule has 0 aromatic heterocycles. The molecule has 50 heavy (non-hydrogen) atoms. The zero-order valence-corrected chi connectivity index (χ0v) is 34.0. The Hall–Kier alpha value is -1.59. The number of esters is 3. The van der Waals surface area contributed by atoms with Crippen LogP contribution in [-0.2, 0) is 28.6 Å². The highest BCUT2D eigenvalue weighted by Crippen LogP contribution is 2.16. The molecule has 6 heteroatoms. The summed E-state index contributed by atoms with van der Waals surface area (Å²) in [4.78, 5) is 37.6. The summed E-state index contributed by atoms with van der Waals surface area (Å²) in [7, 11) is 0. The lowest BCUT2D eigenvalue weighted by molar-refractivity contribution is -0.167. The number of ether oxygens (including phenoxy) is 3. The van der Waals surface area contributed by atoms with Crippen LogP contribution in [0.15, 0.2) is 0 Å². The predicted octanol–water partition coefficient (Wildman–Crippen LogP) is 13.4. The van der Waals surface area contributed by atoms with E-state index in [0.29, 0.717) is 19.3 Å². The second kappa shape index (κ2) is 37.2. The van der Waals surface area contributed by atoms with E-state index in [4.69, 9.17) is 14.2 Å². The van der Waals surface area contributed by atoms with Crippen molar-refractivity contribution >= 4 is 17.9 Å². The average molecular weight is 709 g/mol. The van der Waals surface area contributed by atoms with Crippen molar-refractivity contribution in [1.82, 2.24) is 0 Å². The molecule has 0 N–H and O–H groups in total. The Labute approximate surface area is 310 Å². The van der Waals surface area contributed by atoms with Crippen molar-refractivity contribution in [2.75, 3.05) is 13.2 Å². The normalized spacial score (nSPS) is 12.1. The summed E-state index contributed by atoms with van der Waals surface area (Å²) in [5.41, 5.74) is 0. The third-order valence-electron chi connectivity index (χ3n) is 9.72. The highest BCUT2D eigenvalue weighted by Gasteiger charge is 2.19. The monoisotopic (exact) mass is 709 g/mol. The number of rotatable bonds is 38. The van der Waals surface area contributed by atoms with E-state index in [9.17, 15) is 14.4 Å². The molecule has 0 radical (unpaired) electrons. The van der Waals surface area contributed by atoms with Gasteiger partial charge in [-0.2, -0.15) is 0 Å². The Morgan fingerprint density at radius 2 is 0.660 bits per heavy atom.